The fourth-order valence-corrected chi connectivity index (χ4v) is 3.34. The molecule has 0 spiro atoms. The van der Waals surface area contributed by atoms with Crippen molar-refractivity contribution in [2.45, 2.75) is 53.0 Å². The summed E-state index contributed by atoms with van der Waals surface area (Å²) in [4.78, 5) is 11.6. The van der Waals surface area contributed by atoms with E-state index < -0.39 is 0 Å². The fourth-order valence-electron chi connectivity index (χ4n) is 3.15. The maximum atomic E-state index is 6.03. The van der Waals surface area contributed by atoms with Gasteiger partial charge in [-0.3, -0.25) is 4.99 Å². The van der Waals surface area contributed by atoms with Gasteiger partial charge in [0.15, 0.2) is 5.96 Å². The van der Waals surface area contributed by atoms with Crippen LogP contribution < -0.4 is 10.6 Å². The number of halogens is 1. The van der Waals surface area contributed by atoms with Gasteiger partial charge in [0.1, 0.15) is 0 Å². The van der Waals surface area contributed by atoms with Gasteiger partial charge in [0.05, 0.1) is 6.54 Å². The van der Waals surface area contributed by atoms with E-state index in [0.29, 0.717) is 35.7 Å². The van der Waals surface area contributed by atoms with Gasteiger partial charge in [-0.2, -0.15) is 4.98 Å². The summed E-state index contributed by atoms with van der Waals surface area (Å²) in [6.45, 7) is 13.4. The van der Waals surface area contributed by atoms with Crippen molar-refractivity contribution in [1.82, 2.24) is 25.7 Å². The van der Waals surface area contributed by atoms with Crippen molar-refractivity contribution in [2.75, 3.05) is 32.7 Å². The Labute approximate surface area is 185 Å². The van der Waals surface area contributed by atoms with E-state index in [4.69, 9.17) is 16.1 Å². The third-order valence-electron chi connectivity index (χ3n) is 4.88. The molecule has 0 radical (unpaired) electrons. The van der Waals surface area contributed by atoms with Gasteiger partial charge in [0.2, 0.25) is 11.7 Å². The zero-order chi connectivity index (χ0) is 21.8. The maximum Gasteiger partial charge on any atom is 0.228 e. The molecular weight excluding hydrogens is 400 g/mol. The second kappa shape index (κ2) is 13.2. The van der Waals surface area contributed by atoms with Crippen LogP contribution in [0.25, 0.3) is 11.4 Å². The SMILES string of the molecule is CCNC(=NCCc1nc(-c2cccc(Cl)c2)no1)NC(C)CCCN(CC)CC. The Morgan fingerprint density at radius 3 is 2.77 bits per heavy atom. The number of hydrogen-bond donors (Lipinski definition) is 2. The zero-order valence-corrected chi connectivity index (χ0v) is 19.4. The second-order valence-electron chi connectivity index (χ2n) is 7.25. The van der Waals surface area contributed by atoms with Crippen LogP contribution in [0, 0.1) is 0 Å². The van der Waals surface area contributed by atoms with Crippen LogP contribution in [0.3, 0.4) is 0 Å². The van der Waals surface area contributed by atoms with Crippen LogP contribution in [-0.2, 0) is 6.42 Å². The van der Waals surface area contributed by atoms with E-state index >= 15 is 0 Å². The summed E-state index contributed by atoms with van der Waals surface area (Å²) in [5.41, 5.74) is 0.842. The number of nitrogens with one attached hydrogen (secondary N) is 2. The molecule has 0 aliphatic heterocycles. The average molecular weight is 435 g/mol. The quantitative estimate of drug-likeness (QED) is 0.388. The molecule has 166 valence electrons. The van der Waals surface area contributed by atoms with Gasteiger partial charge in [0, 0.05) is 29.6 Å². The predicted molar refractivity (Wildman–Crippen MR) is 124 cm³/mol. The standard InChI is InChI=1S/C22H35ClN6O/c1-5-24-22(26-17(4)10-9-15-29(6-2)7-3)25-14-13-20-27-21(28-30-20)18-11-8-12-19(23)16-18/h8,11-12,16-17H,5-7,9-10,13-15H2,1-4H3,(H2,24,25,26). The highest BCUT2D eigenvalue weighted by Crippen LogP contribution is 2.19. The van der Waals surface area contributed by atoms with E-state index in [1.807, 2.05) is 24.3 Å². The van der Waals surface area contributed by atoms with Gasteiger partial charge in [-0.1, -0.05) is 42.7 Å². The number of hydrogen-bond acceptors (Lipinski definition) is 5. The Balaban J connectivity index is 1.83. The molecule has 1 heterocycles. The van der Waals surface area contributed by atoms with E-state index in [0.717, 1.165) is 44.1 Å². The molecule has 1 aromatic carbocycles. The first-order valence-electron chi connectivity index (χ1n) is 10.9. The summed E-state index contributed by atoms with van der Waals surface area (Å²) in [7, 11) is 0. The number of rotatable bonds is 12. The predicted octanol–water partition coefficient (Wildman–Crippen LogP) is 4.00. The summed E-state index contributed by atoms with van der Waals surface area (Å²) < 4.78 is 5.36. The smallest absolute Gasteiger partial charge is 0.228 e. The third-order valence-corrected chi connectivity index (χ3v) is 5.11. The topological polar surface area (TPSA) is 78.6 Å². The molecule has 1 unspecified atom stereocenters. The highest BCUT2D eigenvalue weighted by molar-refractivity contribution is 6.30. The van der Waals surface area contributed by atoms with E-state index in [-0.39, 0.29) is 0 Å². The minimum atomic E-state index is 0.358. The molecule has 2 aromatic rings. The summed E-state index contributed by atoms with van der Waals surface area (Å²) >= 11 is 6.03. The largest absolute Gasteiger partial charge is 0.357 e. The summed E-state index contributed by atoms with van der Waals surface area (Å²) in [6.07, 6.45) is 2.86. The molecule has 2 N–H and O–H groups in total. The Hall–Kier alpha value is -2.12. The van der Waals surface area contributed by atoms with Gasteiger partial charge < -0.3 is 20.1 Å². The van der Waals surface area contributed by atoms with Crippen molar-refractivity contribution >= 4 is 17.6 Å². The van der Waals surface area contributed by atoms with Gasteiger partial charge in [-0.15, -0.1) is 0 Å². The summed E-state index contributed by atoms with van der Waals surface area (Å²) in [5, 5.41) is 11.5. The lowest BCUT2D eigenvalue weighted by Gasteiger charge is -2.21. The molecule has 2 rings (SSSR count). The molecule has 0 fully saturated rings. The van der Waals surface area contributed by atoms with E-state index in [2.05, 4.69) is 58.4 Å². The van der Waals surface area contributed by atoms with Crippen molar-refractivity contribution in [2.24, 2.45) is 4.99 Å². The lowest BCUT2D eigenvalue weighted by atomic mass is 10.2. The molecule has 30 heavy (non-hydrogen) atoms. The Bertz CT molecular complexity index is 774. The lowest BCUT2D eigenvalue weighted by Crippen LogP contribution is -2.42. The first-order chi connectivity index (χ1) is 14.5. The Morgan fingerprint density at radius 1 is 1.27 bits per heavy atom. The van der Waals surface area contributed by atoms with Crippen LogP contribution in [0.4, 0.5) is 0 Å². The Morgan fingerprint density at radius 2 is 2.07 bits per heavy atom. The van der Waals surface area contributed by atoms with Crippen LogP contribution in [0.15, 0.2) is 33.8 Å². The van der Waals surface area contributed by atoms with Crippen molar-refractivity contribution < 1.29 is 4.52 Å². The van der Waals surface area contributed by atoms with Crippen molar-refractivity contribution in [3.63, 3.8) is 0 Å². The molecule has 0 bridgehead atoms. The summed E-state index contributed by atoms with van der Waals surface area (Å²) in [5.74, 6) is 1.93. The van der Waals surface area contributed by atoms with E-state index in [1.54, 1.807) is 0 Å². The second-order valence-corrected chi connectivity index (χ2v) is 7.68. The van der Waals surface area contributed by atoms with E-state index in [1.165, 1.54) is 6.42 Å². The molecule has 0 aliphatic carbocycles. The maximum absolute atomic E-state index is 6.03. The summed E-state index contributed by atoms with van der Waals surface area (Å²) in [6, 6.07) is 7.78. The van der Waals surface area contributed by atoms with Crippen LogP contribution in [-0.4, -0.2) is 59.8 Å². The van der Waals surface area contributed by atoms with Crippen molar-refractivity contribution in [1.29, 1.82) is 0 Å². The van der Waals surface area contributed by atoms with Crippen LogP contribution in [0.2, 0.25) is 5.02 Å². The normalized spacial score (nSPS) is 12.9. The van der Waals surface area contributed by atoms with Gasteiger partial charge in [-0.25, -0.2) is 0 Å². The number of aromatic nitrogens is 2. The highest BCUT2D eigenvalue weighted by atomic mass is 35.5. The molecule has 0 saturated carbocycles. The number of aliphatic imine (C=N–C) groups is 1. The van der Waals surface area contributed by atoms with E-state index in [9.17, 15) is 0 Å². The third kappa shape index (κ3) is 8.32. The van der Waals surface area contributed by atoms with Gasteiger partial charge >= 0.3 is 0 Å². The van der Waals surface area contributed by atoms with Crippen LogP contribution >= 0.6 is 11.6 Å². The van der Waals surface area contributed by atoms with Crippen molar-refractivity contribution in [3.05, 3.63) is 35.2 Å². The molecule has 0 amide bonds. The highest BCUT2D eigenvalue weighted by Gasteiger charge is 2.10. The van der Waals surface area contributed by atoms with Gasteiger partial charge in [0.25, 0.3) is 0 Å². The molecule has 1 atom stereocenters. The molecular formula is C22H35ClN6O. The average Bonchev–Trinajstić information content (AvgIpc) is 3.20. The molecule has 1 aromatic heterocycles. The lowest BCUT2D eigenvalue weighted by molar-refractivity contribution is 0.292. The number of nitrogens with zero attached hydrogens (tertiary/aromatic N) is 4. The van der Waals surface area contributed by atoms with Gasteiger partial charge in [-0.05, 0) is 58.5 Å². The number of benzene rings is 1. The van der Waals surface area contributed by atoms with Crippen LogP contribution in [0.1, 0.15) is 46.4 Å². The fraction of sp³-hybridized carbons (Fsp3) is 0.591. The van der Waals surface area contributed by atoms with Crippen LogP contribution in [0.5, 0.6) is 0 Å². The molecule has 8 heteroatoms. The number of guanidine groups is 1. The Kier molecular flexibility index (Phi) is 10.7. The first kappa shape index (κ1) is 24.2. The minimum Gasteiger partial charge on any atom is -0.357 e. The first-order valence-corrected chi connectivity index (χ1v) is 11.3. The molecule has 0 aliphatic rings. The minimum absolute atomic E-state index is 0.358. The monoisotopic (exact) mass is 434 g/mol. The van der Waals surface area contributed by atoms with Crippen molar-refractivity contribution in [3.8, 4) is 11.4 Å². The zero-order valence-electron chi connectivity index (χ0n) is 18.6. The molecule has 0 saturated heterocycles. The molecule has 7 nitrogen and oxygen atoms in total.